The zero-order valence-corrected chi connectivity index (χ0v) is 13.3. The lowest BCUT2D eigenvalue weighted by Gasteiger charge is -2.46. The highest BCUT2D eigenvalue weighted by Crippen LogP contribution is 2.81. The quantitative estimate of drug-likeness (QED) is 0.732. The maximum Gasteiger partial charge on any atom is 0.127 e. The van der Waals surface area contributed by atoms with Crippen LogP contribution in [0.3, 0.4) is 0 Å². The van der Waals surface area contributed by atoms with Crippen molar-refractivity contribution in [1.29, 1.82) is 0 Å². The first-order valence-corrected chi connectivity index (χ1v) is 8.46. The summed E-state index contributed by atoms with van der Waals surface area (Å²) in [6.07, 6.45) is 2.64. The normalized spacial score (nSPS) is 44.8. The van der Waals surface area contributed by atoms with Gasteiger partial charge in [-0.2, -0.15) is 0 Å². The largest absolute Gasteiger partial charge is 0.356 e. The minimum Gasteiger partial charge on any atom is -0.356 e. The van der Waals surface area contributed by atoms with Crippen molar-refractivity contribution in [2.45, 2.75) is 43.3 Å². The van der Waals surface area contributed by atoms with Gasteiger partial charge in [0.2, 0.25) is 0 Å². The van der Waals surface area contributed by atoms with Crippen LogP contribution in [0.25, 0.3) is 0 Å². The maximum absolute atomic E-state index is 6.62. The summed E-state index contributed by atoms with van der Waals surface area (Å²) >= 11 is 0. The molecular weight excluding hydrogens is 268 g/mol. The van der Waals surface area contributed by atoms with Gasteiger partial charge in [0, 0.05) is 5.41 Å². The van der Waals surface area contributed by atoms with Crippen LogP contribution in [0.5, 0.6) is 0 Å². The standard InChI is InChI=1S/C21H22O/c1-19(15-9-5-3-6-10-15)17-13-14-18(17)21(20(19,2)22-21)16-11-7-4-8-12-16/h3-12,17-18H,13-14H2,1-2H3/t17-,18-,19-,20-,21-/m1/s1. The highest BCUT2D eigenvalue weighted by Gasteiger charge is 2.87. The van der Waals surface area contributed by atoms with E-state index < -0.39 is 0 Å². The molecule has 5 atom stereocenters. The van der Waals surface area contributed by atoms with Gasteiger partial charge in [-0.15, -0.1) is 0 Å². The second-order valence-electron chi connectivity index (χ2n) is 7.60. The minimum absolute atomic E-state index is 0.0538. The summed E-state index contributed by atoms with van der Waals surface area (Å²) in [7, 11) is 0. The summed E-state index contributed by atoms with van der Waals surface area (Å²) in [6, 6.07) is 22.0. The second kappa shape index (κ2) is 3.83. The monoisotopic (exact) mass is 290 g/mol. The van der Waals surface area contributed by atoms with Crippen molar-refractivity contribution in [3.63, 3.8) is 0 Å². The zero-order chi connectivity index (χ0) is 15.0. The molecule has 1 heterocycles. The van der Waals surface area contributed by atoms with Crippen LogP contribution < -0.4 is 0 Å². The zero-order valence-electron chi connectivity index (χ0n) is 13.3. The van der Waals surface area contributed by atoms with Gasteiger partial charge < -0.3 is 4.74 Å². The van der Waals surface area contributed by atoms with Crippen LogP contribution >= 0.6 is 0 Å². The third-order valence-corrected chi connectivity index (χ3v) is 7.14. The first kappa shape index (κ1) is 12.9. The number of hydrogen-bond acceptors (Lipinski definition) is 1. The average molecular weight is 290 g/mol. The summed E-state index contributed by atoms with van der Waals surface area (Å²) in [4.78, 5) is 0. The topological polar surface area (TPSA) is 12.5 Å². The number of rotatable bonds is 2. The van der Waals surface area contributed by atoms with Gasteiger partial charge in [0.25, 0.3) is 0 Å². The molecule has 0 bridgehead atoms. The van der Waals surface area contributed by atoms with E-state index in [1.807, 2.05) is 0 Å². The third kappa shape index (κ3) is 1.16. The van der Waals surface area contributed by atoms with Crippen LogP contribution in [0, 0.1) is 11.8 Å². The van der Waals surface area contributed by atoms with Gasteiger partial charge in [-0.05, 0) is 42.7 Å². The molecule has 1 heteroatoms. The Kier molecular flexibility index (Phi) is 2.25. The molecule has 2 aromatic carbocycles. The lowest BCUT2D eigenvalue weighted by molar-refractivity contribution is -0.00318. The Bertz CT molecular complexity index is 720. The summed E-state index contributed by atoms with van der Waals surface area (Å²) in [5, 5.41) is 0. The molecule has 2 aliphatic carbocycles. The van der Waals surface area contributed by atoms with Gasteiger partial charge in [0.1, 0.15) is 11.2 Å². The van der Waals surface area contributed by atoms with Crippen molar-refractivity contribution in [2.75, 3.05) is 0 Å². The lowest BCUT2D eigenvalue weighted by atomic mass is 9.60. The molecule has 2 saturated carbocycles. The molecule has 0 amide bonds. The van der Waals surface area contributed by atoms with E-state index in [1.165, 1.54) is 24.0 Å². The molecule has 1 nitrogen and oxygen atoms in total. The smallest absolute Gasteiger partial charge is 0.127 e. The van der Waals surface area contributed by atoms with Crippen LogP contribution in [0.15, 0.2) is 60.7 Å². The molecule has 112 valence electrons. The van der Waals surface area contributed by atoms with Gasteiger partial charge in [-0.1, -0.05) is 67.6 Å². The molecule has 3 aliphatic rings. The first-order chi connectivity index (χ1) is 10.6. The maximum atomic E-state index is 6.62. The number of fused-ring (bicyclic) bond motifs is 3. The van der Waals surface area contributed by atoms with E-state index in [0.717, 1.165) is 5.92 Å². The summed E-state index contributed by atoms with van der Waals surface area (Å²) in [5.74, 6) is 1.42. The minimum atomic E-state index is -0.0749. The SMILES string of the molecule is C[C@]12O[C@]1(c1ccccc1)[C@@H]1CC[C@H]1[C@@]2(C)c1ccccc1. The van der Waals surface area contributed by atoms with Crippen molar-refractivity contribution >= 4 is 0 Å². The molecular formula is C21H22O. The highest BCUT2D eigenvalue weighted by molar-refractivity contribution is 5.50. The fourth-order valence-electron chi connectivity index (χ4n) is 5.76. The van der Waals surface area contributed by atoms with E-state index in [9.17, 15) is 0 Å². The Morgan fingerprint density at radius 2 is 1.32 bits per heavy atom. The van der Waals surface area contributed by atoms with Gasteiger partial charge in [0.05, 0.1) is 0 Å². The van der Waals surface area contributed by atoms with Gasteiger partial charge in [-0.25, -0.2) is 0 Å². The van der Waals surface area contributed by atoms with Crippen molar-refractivity contribution in [1.82, 2.24) is 0 Å². The second-order valence-corrected chi connectivity index (χ2v) is 7.60. The fourth-order valence-corrected chi connectivity index (χ4v) is 5.76. The average Bonchev–Trinajstić information content (AvgIpc) is 3.13. The van der Waals surface area contributed by atoms with E-state index in [2.05, 4.69) is 74.5 Å². The lowest BCUT2D eigenvalue weighted by Crippen LogP contribution is -2.45. The predicted octanol–water partition coefficient (Wildman–Crippen LogP) is 4.67. The number of epoxide rings is 1. The summed E-state index contributed by atoms with van der Waals surface area (Å²) < 4.78 is 6.62. The van der Waals surface area contributed by atoms with Crippen LogP contribution in [0.4, 0.5) is 0 Å². The Balaban J connectivity index is 1.70. The molecule has 0 N–H and O–H groups in total. The Labute approximate surface area is 132 Å². The van der Waals surface area contributed by atoms with Crippen LogP contribution in [-0.4, -0.2) is 5.60 Å². The van der Waals surface area contributed by atoms with E-state index in [1.54, 1.807) is 0 Å². The highest BCUT2D eigenvalue weighted by atomic mass is 16.6. The van der Waals surface area contributed by atoms with E-state index in [4.69, 9.17) is 4.74 Å². The fraction of sp³-hybridized carbons (Fsp3) is 0.429. The molecule has 1 saturated heterocycles. The van der Waals surface area contributed by atoms with Gasteiger partial charge >= 0.3 is 0 Å². The van der Waals surface area contributed by atoms with E-state index in [0.29, 0.717) is 5.92 Å². The molecule has 0 aromatic heterocycles. The molecule has 3 fully saturated rings. The number of benzene rings is 2. The summed E-state index contributed by atoms with van der Waals surface area (Å²) in [5.41, 5.74) is 2.82. The molecule has 1 aliphatic heterocycles. The van der Waals surface area contributed by atoms with Crippen LogP contribution in [0.2, 0.25) is 0 Å². The van der Waals surface area contributed by atoms with Crippen molar-refractivity contribution in [3.05, 3.63) is 71.8 Å². The van der Waals surface area contributed by atoms with E-state index >= 15 is 0 Å². The summed E-state index contributed by atoms with van der Waals surface area (Å²) in [6.45, 7) is 4.79. The van der Waals surface area contributed by atoms with E-state index in [-0.39, 0.29) is 16.6 Å². The molecule has 5 rings (SSSR count). The third-order valence-electron chi connectivity index (χ3n) is 7.14. The predicted molar refractivity (Wildman–Crippen MR) is 87.6 cm³/mol. The Morgan fingerprint density at radius 3 is 1.86 bits per heavy atom. The van der Waals surface area contributed by atoms with Gasteiger partial charge in [0.15, 0.2) is 0 Å². The molecule has 0 spiro atoms. The van der Waals surface area contributed by atoms with Crippen LogP contribution in [0.1, 0.15) is 37.8 Å². The van der Waals surface area contributed by atoms with Crippen molar-refractivity contribution < 1.29 is 4.74 Å². The van der Waals surface area contributed by atoms with Crippen molar-refractivity contribution in [3.8, 4) is 0 Å². The first-order valence-electron chi connectivity index (χ1n) is 8.46. The van der Waals surface area contributed by atoms with Crippen LogP contribution in [-0.2, 0) is 15.8 Å². The molecule has 0 unspecified atom stereocenters. The molecule has 22 heavy (non-hydrogen) atoms. The number of hydrogen-bond donors (Lipinski definition) is 0. The Hall–Kier alpha value is -1.60. The van der Waals surface area contributed by atoms with Gasteiger partial charge in [-0.3, -0.25) is 0 Å². The molecule has 2 aromatic rings. The van der Waals surface area contributed by atoms with Crippen molar-refractivity contribution in [2.24, 2.45) is 11.8 Å². The Morgan fingerprint density at radius 1 is 0.773 bits per heavy atom. The number of ether oxygens (including phenoxy) is 1. The molecule has 0 radical (unpaired) electrons.